The molecule has 1 N–H and O–H groups in total. The zero-order valence-electron chi connectivity index (χ0n) is 35.9. The lowest BCUT2D eigenvalue weighted by molar-refractivity contribution is -0.322. The first-order valence-corrected chi connectivity index (χ1v) is 21.7. The van der Waals surface area contributed by atoms with Gasteiger partial charge in [-0.05, 0) is 53.1 Å². The number of rotatable bonds is 18. The van der Waals surface area contributed by atoms with E-state index in [1.54, 1.807) is 66.7 Å². The van der Waals surface area contributed by atoms with E-state index >= 15 is 0 Å². The van der Waals surface area contributed by atoms with Gasteiger partial charge in [-0.2, -0.15) is 0 Å². The largest absolute Gasteiger partial charge is 0.452 e. The Kier molecular flexibility index (Phi) is 16.1. The lowest BCUT2D eigenvalue weighted by Crippen LogP contribution is -2.63. The fraction of sp³-hybridized carbons (Fsp3) is 0.264. The first-order chi connectivity index (χ1) is 32.4. The lowest BCUT2D eigenvalue weighted by Gasteiger charge is -2.45. The van der Waals surface area contributed by atoms with E-state index < -0.39 is 79.8 Å². The van der Waals surface area contributed by atoms with Crippen molar-refractivity contribution in [2.24, 2.45) is 0 Å². The summed E-state index contributed by atoms with van der Waals surface area (Å²) < 4.78 is 56.9. The van der Waals surface area contributed by atoms with Crippen LogP contribution in [0.1, 0.15) is 47.8 Å². The Morgan fingerprint density at radius 2 is 0.818 bits per heavy atom. The van der Waals surface area contributed by atoms with Gasteiger partial charge in [-0.15, -0.1) is 0 Å². The first kappa shape index (κ1) is 46.0. The van der Waals surface area contributed by atoms with E-state index in [-0.39, 0.29) is 43.1 Å². The summed E-state index contributed by atoms with van der Waals surface area (Å²) in [5.74, 6) is -2.47. The number of hydrogen-bond acceptors (Lipinski definition) is 13. The molecule has 8 rings (SSSR count). The quantitative estimate of drug-likeness (QED) is 0.0670. The monoisotopic (exact) mass is 894 g/mol. The van der Waals surface area contributed by atoms with Gasteiger partial charge in [0.1, 0.15) is 24.4 Å². The summed E-state index contributed by atoms with van der Waals surface area (Å²) in [6.45, 7) is 0.296. The van der Waals surface area contributed by atoms with Gasteiger partial charge >= 0.3 is 17.9 Å². The molecule has 0 amide bonds. The highest BCUT2D eigenvalue weighted by atomic mass is 16.7. The zero-order chi connectivity index (χ0) is 45.5. The van der Waals surface area contributed by atoms with Crippen LogP contribution in [0.2, 0.25) is 0 Å². The second-order valence-electron chi connectivity index (χ2n) is 15.7. The molecule has 0 spiro atoms. The predicted molar refractivity (Wildman–Crippen MR) is 239 cm³/mol. The van der Waals surface area contributed by atoms with Crippen LogP contribution in [0.4, 0.5) is 0 Å². The number of hydrogen-bond donors (Lipinski definition) is 1. The van der Waals surface area contributed by atoms with Crippen LogP contribution in [0, 0.1) is 0 Å². The number of benzene rings is 6. The smallest absolute Gasteiger partial charge is 0.338 e. The molecule has 0 aliphatic carbocycles. The molecule has 0 saturated carbocycles. The maximum Gasteiger partial charge on any atom is 0.338 e. The van der Waals surface area contributed by atoms with Crippen molar-refractivity contribution in [1.82, 2.24) is 0 Å². The van der Waals surface area contributed by atoms with Crippen LogP contribution < -0.4 is 0 Å². The lowest BCUT2D eigenvalue weighted by atomic mass is 9.97. The summed E-state index contributed by atoms with van der Waals surface area (Å²) in [5.41, 5.74) is 3.27. The topological polar surface area (TPSA) is 155 Å². The van der Waals surface area contributed by atoms with Crippen LogP contribution >= 0.6 is 0 Å². The molecule has 2 aliphatic heterocycles. The van der Waals surface area contributed by atoms with Crippen LogP contribution in [0.3, 0.4) is 0 Å². The predicted octanol–water partition coefficient (Wildman–Crippen LogP) is 7.51. The van der Waals surface area contributed by atoms with E-state index in [1.807, 2.05) is 91.0 Å². The van der Waals surface area contributed by atoms with E-state index in [4.69, 9.17) is 42.6 Å². The maximum atomic E-state index is 13.9. The van der Waals surface area contributed by atoms with Crippen molar-refractivity contribution < 1.29 is 62.1 Å². The second-order valence-corrected chi connectivity index (χ2v) is 15.7. The molecular formula is C53H50O13. The Hall–Kier alpha value is -6.55. The molecule has 2 aliphatic rings. The summed E-state index contributed by atoms with van der Waals surface area (Å²) in [6.07, 6.45) is -11.4. The van der Waals surface area contributed by atoms with Crippen molar-refractivity contribution in [3.63, 3.8) is 0 Å². The van der Waals surface area contributed by atoms with Gasteiger partial charge < -0.3 is 47.7 Å². The number of carbonyl (C=O) groups excluding carboxylic acids is 3. The molecule has 13 nitrogen and oxygen atoms in total. The molecule has 6 aromatic carbocycles. The van der Waals surface area contributed by atoms with Gasteiger partial charge in [0.05, 0.1) is 49.7 Å². The molecule has 0 aromatic heterocycles. The van der Waals surface area contributed by atoms with Crippen LogP contribution in [0.25, 0.3) is 0 Å². The van der Waals surface area contributed by atoms with Gasteiger partial charge in [-0.3, -0.25) is 0 Å². The Morgan fingerprint density at radius 3 is 1.27 bits per heavy atom. The van der Waals surface area contributed by atoms with Crippen molar-refractivity contribution >= 4 is 17.9 Å². The van der Waals surface area contributed by atoms with Gasteiger partial charge in [0, 0.05) is 0 Å². The van der Waals surface area contributed by atoms with E-state index in [0.717, 1.165) is 16.7 Å². The zero-order valence-corrected chi connectivity index (χ0v) is 35.9. The Morgan fingerprint density at radius 1 is 0.439 bits per heavy atom. The fourth-order valence-electron chi connectivity index (χ4n) is 7.64. The maximum absolute atomic E-state index is 13.9. The second kappa shape index (κ2) is 23.1. The van der Waals surface area contributed by atoms with Gasteiger partial charge in [0.15, 0.2) is 30.9 Å². The molecule has 0 unspecified atom stereocenters. The third-order valence-electron chi connectivity index (χ3n) is 11.1. The van der Waals surface area contributed by atoms with Crippen molar-refractivity contribution in [1.29, 1.82) is 0 Å². The molecule has 2 saturated heterocycles. The van der Waals surface area contributed by atoms with Crippen molar-refractivity contribution in [2.45, 2.75) is 75.1 Å². The number of aliphatic hydroxyl groups is 1. The van der Waals surface area contributed by atoms with Crippen LogP contribution in [-0.2, 0) is 62.5 Å². The highest BCUT2D eigenvalue weighted by molar-refractivity contribution is 5.91. The van der Waals surface area contributed by atoms with Gasteiger partial charge in [0.25, 0.3) is 0 Å². The number of carbonyl (C=O) groups is 3. The van der Waals surface area contributed by atoms with E-state index in [2.05, 4.69) is 0 Å². The van der Waals surface area contributed by atoms with Crippen molar-refractivity contribution in [3.05, 3.63) is 215 Å². The summed E-state index contributed by atoms with van der Waals surface area (Å²) >= 11 is 0. The standard InChI is InChI=1S/C53H50O13/c54-49(39-25-13-4-14-26-39)64-45-43(63-52(57)47(66-51(56)41-29-17-6-18-30-41)46(45)65-50(55)40-27-15-5-16-28-40)35-62-53-48(60-33-38-23-11-3-12-24-38)44(59-32-37-21-9-2-10-22-37)42(34-61-53)58-31-36-19-7-1-8-20-36/h1-30,42-48,52-53,57H,31-35H2/t42-,43-,44+,45-,46+,47-,48-,52+,53-/m1/s1. The number of ether oxygens (including phenoxy) is 9. The number of aliphatic hydroxyl groups excluding tert-OH is 1. The molecule has 2 heterocycles. The van der Waals surface area contributed by atoms with Gasteiger partial charge in [-0.1, -0.05) is 146 Å². The van der Waals surface area contributed by atoms with Crippen LogP contribution in [0.15, 0.2) is 182 Å². The minimum absolute atomic E-state index is 0.0392. The Labute approximate surface area is 382 Å². The SMILES string of the molecule is O=C(O[C@@H]1[C@@H](OC(=O)c2ccccc2)[C@@H](O)O[C@H](CO[C@H]2OC[C@@H](OCc3ccccc3)[C@H](OCc3ccccc3)[C@H]2OCc2ccccc2)[C@H]1OC(=O)c1ccccc1)c1ccccc1. The summed E-state index contributed by atoms with van der Waals surface area (Å²) in [7, 11) is 0. The minimum Gasteiger partial charge on any atom is -0.452 e. The normalized spacial score (nSPS) is 23.9. The average Bonchev–Trinajstić information content (AvgIpc) is 3.37. The first-order valence-electron chi connectivity index (χ1n) is 21.7. The number of esters is 3. The fourth-order valence-corrected chi connectivity index (χ4v) is 7.64. The molecule has 6 aromatic rings. The van der Waals surface area contributed by atoms with Crippen LogP contribution in [-0.4, -0.2) is 91.5 Å². The van der Waals surface area contributed by atoms with Crippen molar-refractivity contribution in [2.75, 3.05) is 13.2 Å². The van der Waals surface area contributed by atoms with E-state index in [0.29, 0.717) is 0 Å². The van der Waals surface area contributed by atoms with Gasteiger partial charge in [-0.25, -0.2) is 14.4 Å². The summed E-state index contributed by atoms with van der Waals surface area (Å²) in [4.78, 5) is 41.3. The average molecular weight is 895 g/mol. The highest BCUT2D eigenvalue weighted by Gasteiger charge is 2.53. The molecular weight excluding hydrogens is 845 g/mol. The third kappa shape index (κ3) is 12.2. The van der Waals surface area contributed by atoms with Crippen molar-refractivity contribution in [3.8, 4) is 0 Å². The summed E-state index contributed by atoms with van der Waals surface area (Å²) in [5, 5.41) is 11.7. The molecule has 13 heteroatoms. The van der Waals surface area contributed by atoms with E-state index in [9.17, 15) is 19.5 Å². The van der Waals surface area contributed by atoms with Gasteiger partial charge in [0.2, 0.25) is 0 Å². The molecule has 340 valence electrons. The Bertz CT molecular complexity index is 2410. The molecule has 2 fully saturated rings. The van der Waals surface area contributed by atoms with Crippen LogP contribution in [0.5, 0.6) is 0 Å². The molecule has 66 heavy (non-hydrogen) atoms. The summed E-state index contributed by atoms with van der Waals surface area (Å²) in [6, 6.07) is 53.4. The highest BCUT2D eigenvalue weighted by Crippen LogP contribution is 2.32. The van der Waals surface area contributed by atoms with E-state index in [1.165, 1.54) is 24.3 Å². The molecule has 9 atom stereocenters. The molecule has 0 radical (unpaired) electrons. The Balaban J connectivity index is 1.10. The minimum atomic E-state index is -1.89. The molecule has 0 bridgehead atoms. The third-order valence-corrected chi connectivity index (χ3v) is 11.1.